The van der Waals surface area contributed by atoms with Crippen molar-refractivity contribution in [1.82, 2.24) is 84.0 Å². The lowest BCUT2D eigenvalue weighted by Gasteiger charge is -2.36. The number of piperazine rings is 1. The van der Waals surface area contributed by atoms with Crippen molar-refractivity contribution in [2.75, 3.05) is 163 Å². The number of pyridine rings is 5. The van der Waals surface area contributed by atoms with Crippen molar-refractivity contribution in [1.29, 1.82) is 0 Å². The number of nitrogens with one attached hydrogen (secondary N) is 1. The van der Waals surface area contributed by atoms with Gasteiger partial charge in [-0.1, -0.05) is 70.2 Å². The van der Waals surface area contributed by atoms with Crippen molar-refractivity contribution in [3.8, 4) is 28.4 Å². The van der Waals surface area contributed by atoms with Crippen LogP contribution in [0.2, 0.25) is 15.1 Å². The van der Waals surface area contributed by atoms with E-state index in [4.69, 9.17) is 88.8 Å². The Hall–Kier alpha value is -12.4. The largest absolute Gasteiger partial charge is 0.394 e. The van der Waals surface area contributed by atoms with Crippen LogP contribution in [0.4, 0.5) is 29.1 Å². The van der Waals surface area contributed by atoms with E-state index in [-0.39, 0.29) is 50.1 Å². The molecule has 0 aliphatic carbocycles. The minimum absolute atomic E-state index is 0.0225. The number of amides is 1. The molecule has 5 aromatic carbocycles. The summed E-state index contributed by atoms with van der Waals surface area (Å²) in [6.07, 6.45) is 19.9. The number of rotatable bonds is 14. The number of halogens is 3. The summed E-state index contributed by atoms with van der Waals surface area (Å²) in [6.45, 7) is 19.5. The molecule has 6 saturated heterocycles. The van der Waals surface area contributed by atoms with Crippen molar-refractivity contribution in [2.45, 2.75) is 57.8 Å². The first-order chi connectivity index (χ1) is 62.7. The summed E-state index contributed by atoms with van der Waals surface area (Å²) in [6, 6.07) is 49.5. The number of aryl methyl sites for hydroxylation is 2. The van der Waals surface area contributed by atoms with Gasteiger partial charge in [-0.3, -0.25) is 29.7 Å². The number of hydrogen-bond acceptors (Lipinski definition) is 26. The number of morpholine rings is 4. The molecule has 16 heterocycles. The standard InChI is InChI=1S/C22H25ClN6O.2C18H20N4O2.C17H17ClN4O2.C17H17ClN4O.CO2/c23-17-1-3-18(4-2-17)29-20-15-25-8-5-19(20)21(26-29)27-11-6-16(7-12-27)22(30)28-13-9-24-10-14-28;1-13-2-4-14(5-3-13)22-17-10-19-7-6-16(17)18(20-22)21-8-9-24-12-15(21)11-23;1-13-2-4-14(5-3-13)22-17-10-19-7-6-16(17)18(20-22)21-8-9-24-15(11-21)12-23;18-12-1-3-13(4-2-12)22-16-9-19-6-5-15(16)17(20-22)21-7-8-24-11-14(21)10-23;1-12-11-23-9-8-21(12)17-15-6-7-19-10-16(15)22(20-17)14-4-2-13(18)3-5-14;2-1-3/h1-5,8,15-16,24H,6-7,9-14H2;2*2-7,10,15,23H,8-9,11-12H2,1H3;1-6,9,14,23H,7-8,10-11H2;2-7,10,12H,8-9,11H2,1H3;/t;;;14-;;/m...1../s1. The number of aliphatic hydroxyl groups is 3. The van der Waals surface area contributed by atoms with E-state index >= 15 is 0 Å². The average Bonchev–Trinajstić information content (AvgIpc) is 1.65. The SMILES string of the molecule is CC1COCCN1c1nn(-c2ccc(Cl)cc2)c2cnccc12.Cc1ccc(-n2nc(N3CCOC(CO)C3)c3ccncc32)cc1.Cc1ccc(-n2nc(N3CCOCC3CO)c3ccncc32)cc1.O=C(C1CCN(c2nn(-c3ccc(Cl)cc3)c3cnccc23)CC1)N1CCNCC1.O=C=O.OC[C@@H]1COCCN1c1nn(-c2ccc(Cl)cc2)c2cnccc12. The highest BCUT2D eigenvalue weighted by molar-refractivity contribution is 6.31. The lowest BCUT2D eigenvalue weighted by atomic mass is 9.95. The summed E-state index contributed by atoms with van der Waals surface area (Å²) in [4.78, 5) is 63.5. The highest BCUT2D eigenvalue weighted by atomic mass is 35.5. The minimum Gasteiger partial charge on any atom is -0.394 e. The Morgan fingerprint density at radius 3 is 1.09 bits per heavy atom. The van der Waals surface area contributed by atoms with Gasteiger partial charge in [-0.15, -0.1) is 25.5 Å². The fourth-order valence-corrected chi connectivity index (χ4v) is 17.0. The number of fused-ring (bicyclic) bond motifs is 5. The van der Waals surface area contributed by atoms with Gasteiger partial charge in [0.15, 0.2) is 29.1 Å². The second-order valence-corrected chi connectivity index (χ2v) is 32.9. The van der Waals surface area contributed by atoms with E-state index < -0.39 is 0 Å². The Morgan fingerprint density at radius 1 is 0.406 bits per heavy atom. The fourth-order valence-electron chi connectivity index (χ4n) is 16.7. The number of ether oxygens (including phenoxy) is 4. The zero-order valence-corrected chi connectivity index (χ0v) is 73.4. The van der Waals surface area contributed by atoms with E-state index in [0.29, 0.717) is 79.7 Å². The molecule has 6 aliphatic heterocycles. The van der Waals surface area contributed by atoms with Gasteiger partial charge < -0.3 is 69.0 Å². The van der Waals surface area contributed by atoms with Gasteiger partial charge in [0.25, 0.3) is 0 Å². The van der Waals surface area contributed by atoms with Crippen molar-refractivity contribution in [3.63, 3.8) is 0 Å². The second kappa shape index (κ2) is 42.0. The summed E-state index contributed by atoms with van der Waals surface area (Å²) in [5.41, 5.74) is 12.1. The smallest absolute Gasteiger partial charge is 0.373 e. The van der Waals surface area contributed by atoms with E-state index in [9.17, 15) is 20.1 Å². The first-order valence-electron chi connectivity index (χ1n) is 42.7. The summed E-state index contributed by atoms with van der Waals surface area (Å²) < 4.78 is 31.6. The maximum atomic E-state index is 12.9. The third-order valence-electron chi connectivity index (χ3n) is 23.4. The van der Waals surface area contributed by atoms with Gasteiger partial charge in [0, 0.05) is 151 Å². The number of aromatic nitrogens is 15. The van der Waals surface area contributed by atoms with Crippen molar-refractivity contribution >= 4 is 130 Å². The molecule has 128 heavy (non-hydrogen) atoms. The fraction of sp³-hybridized carbons (Fsp3) is 0.333. The molecule has 4 atom stereocenters. The topological polar surface area (TPSA) is 334 Å². The van der Waals surface area contributed by atoms with Crippen LogP contribution in [0.3, 0.4) is 0 Å². The van der Waals surface area contributed by atoms with Gasteiger partial charge in [-0.2, -0.15) is 9.59 Å². The van der Waals surface area contributed by atoms with Crippen LogP contribution in [0.15, 0.2) is 214 Å². The second-order valence-electron chi connectivity index (χ2n) is 31.6. The molecule has 15 aromatic rings. The monoisotopic (exact) mass is 1790 g/mol. The van der Waals surface area contributed by atoms with Crippen LogP contribution in [0.1, 0.15) is 30.9 Å². The van der Waals surface area contributed by atoms with Gasteiger partial charge >= 0.3 is 6.15 Å². The number of carbonyl (C=O) groups excluding carboxylic acids is 3. The molecule has 662 valence electrons. The molecule has 32 nitrogen and oxygen atoms in total. The third-order valence-corrected chi connectivity index (χ3v) is 24.1. The normalized spacial score (nSPS) is 17.9. The molecule has 6 aliphatic rings. The summed E-state index contributed by atoms with van der Waals surface area (Å²) in [5, 5.41) is 63.7. The average molecular weight is 1790 g/mol. The first kappa shape index (κ1) is 89.0. The van der Waals surface area contributed by atoms with E-state index in [1.807, 2.05) is 162 Å². The molecule has 35 heteroatoms. The lowest BCUT2D eigenvalue weighted by Crippen LogP contribution is -2.50. The molecule has 0 saturated carbocycles. The predicted octanol–water partition coefficient (Wildman–Crippen LogP) is 11.6. The van der Waals surface area contributed by atoms with Crippen LogP contribution in [-0.4, -0.2) is 268 Å². The Bertz CT molecular complexity index is 6100. The van der Waals surface area contributed by atoms with Crippen LogP contribution >= 0.6 is 34.8 Å². The first-order valence-corrected chi connectivity index (χ1v) is 43.8. The van der Waals surface area contributed by atoms with Gasteiger partial charge in [0.2, 0.25) is 5.91 Å². The van der Waals surface area contributed by atoms with Crippen molar-refractivity contribution in [2.24, 2.45) is 5.92 Å². The molecule has 10 aromatic heterocycles. The third kappa shape index (κ3) is 20.1. The lowest BCUT2D eigenvalue weighted by molar-refractivity contribution is -0.191. The molecule has 0 radical (unpaired) electrons. The molecule has 0 bridgehead atoms. The van der Waals surface area contributed by atoms with Gasteiger partial charge in [-0.25, -0.2) is 23.4 Å². The predicted molar refractivity (Wildman–Crippen MR) is 493 cm³/mol. The molecular formula is C93H99Cl3N22O10. The zero-order chi connectivity index (χ0) is 88.6. The Morgan fingerprint density at radius 2 is 0.734 bits per heavy atom. The summed E-state index contributed by atoms with van der Waals surface area (Å²) in [5.74, 6) is 4.99. The highest BCUT2D eigenvalue weighted by Gasteiger charge is 2.34. The Labute approximate surface area is 753 Å². The molecule has 1 amide bonds. The van der Waals surface area contributed by atoms with Gasteiger partial charge in [0.05, 0.1) is 177 Å². The van der Waals surface area contributed by atoms with Crippen molar-refractivity contribution < 1.29 is 48.7 Å². The number of aliphatic hydroxyl groups excluding tert-OH is 3. The molecule has 6 fully saturated rings. The maximum Gasteiger partial charge on any atom is 0.373 e. The molecule has 3 unspecified atom stereocenters. The van der Waals surface area contributed by atoms with E-state index in [1.165, 1.54) is 11.1 Å². The van der Waals surface area contributed by atoms with E-state index in [2.05, 4.69) is 124 Å². The van der Waals surface area contributed by atoms with Crippen LogP contribution in [0.5, 0.6) is 0 Å². The quantitative estimate of drug-likeness (QED) is 0.0786. The van der Waals surface area contributed by atoms with Crippen LogP contribution in [0, 0.1) is 19.8 Å². The van der Waals surface area contributed by atoms with Crippen LogP contribution in [-0.2, 0) is 33.3 Å². The number of benzene rings is 5. The number of hydrogen-bond donors (Lipinski definition) is 4. The van der Waals surface area contributed by atoms with Gasteiger partial charge in [0.1, 0.15) is 0 Å². The van der Waals surface area contributed by atoms with E-state index in [1.54, 1.807) is 31.0 Å². The van der Waals surface area contributed by atoms with E-state index in [0.717, 1.165) is 190 Å². The Kier molecular flexibility index (Phi) is 29.2. The zero-order valence-electron chi connectivity index (χ0n) is 71.1. The number of nitrogens with zero attached hydrogens (tertiary/aromatic N) is 21. The van der Waals surface area contributed by atoms with Gasteiger partial charge in [-0.05, 0) is 161 Å². The maximum absolute atomic E-state index is 12.9. The van der Waals surface area contributed by atoms with Crippen molar-refractivity contribution in [3.05, 3.63) is 240 Å². The number of anilines is 5. The highest BCUT2D eigenvalue weighted by Crippen LogP contribution is 2.37. The molecule has 0 spiro atoms. The molecular weight excluding hydrogens is 1690 g/mol. The Balaban J connectivity index is 0.000000117. The van der Waals surface area contributed by atoms with Crippen LogP contribution in [0.25, 0.3) is 83.0 Å². The molecule has 21 rings (SSSR count). The number of piperidine rings is 1. The summed E-state index contributed by atoms with van der Waals surface area (Å²) in [7, 11) is 0. The summed E-state index contributed by atoms with van der Waals surface area (Å²) >= 11 is 18.0. The minimum atomic E-state index is -0.167. The number of carbonyl (C=O) groups is 1. The molecule has 4 N–H and O–H groups in total. The van der Waals surface area contributed by atoms with Crippen LogP contribution < -0.4 is 29.8 Å².